The van der Waals surface area contributed by atoms with Gasteiger partial charge in [-0.05, 0) is 43.2 Å². The highest BCUT2D eigenvalue weighted by Gasteiger charge is 2.40. The van der Waals surface area contributed by atoms with Crippen LogP contribution in [0, 0.1) is 0 Å². The van der Waals surface area contributed by atoms with Gasteiger partial charge < -0.3 is 8.85 Å². The molecule has 0 bridgehead atoms. The van der Waals surface area contributed by atoms with E-state index in [1.54, 1.807) is 0 Å². The first-order valence-electron chi connectivity index (χ1n) is 7.42. The van der Waals surface area contributed by atoms with Crippen molar-refractivity contribution in [1.82, 2.24) is 0 Å². The van der Waals surface area contributed by atoms with Crippen molar-refractivity contribution in [3.05, 3.63) is 0 Å². The zero-order valence-electron chi connectivity index (χ0n) is 15.1. The van der Waals surface area contributed by atoms with E-state index < -0.39 is 16.6 Å². The molecule has 116 valence electrons. The first-order chi connectivity index (χ1) is 8.10. The van der Waals surface area contributed by atoms with Crippen LogP contribution in [0.15, 0.2) is 0 Å². The Morgan fingerprint density at radius 3 is 1.47 bits per heavy atom. The molecule has 0 aromatic heterocycles. The smallest absolute Gasteiger partial charge is 0.192 e. The number of hydrogen-bond acceptors (Lipinski definition) is 2. The van der Waals surface area contributed by atoms with E-state index >= 15 is 0 Å². The summed E-state index contributed by atoms with van der Waals surface area (Å²) in [5.74, 6) is 0. The van der Waals surface area contributed by atoms with Gasteiger partial charge in [0, 0.05) is 0 Å². The summed E-state index contributed by atoms with van der Waals surface area (Å²) >= 11 is 0. The van der Waals surface area contributed by atoms with E-state index in [4.69, 9.17) is 8.85 Å². The second-order valence-corrected chi connectivity index (χ2v) is 18.3. The van der Waals surface area contributed by atoms with Gasteiger partial charge in [0.25, 0.3) is 0 Å². The third-order valence-corrected chi connectivity index (χ3v) is 13.9. The standard InChI is InChI=1S/C15H36O2Si2/c1-13(17-19(10,11)15(5,6)7)12-16-18(8,9)14(2,3)4/h13H,12H2,1-11H3. The van der Waals surface area contributed by atoms with Crippen LogP contribution in [-0.4, -0.2) is 29.3 Å². The van der Waals surface area contributed by atoms with Crippen molar-refractivity contribution in [1.29, 1.82) is 0 Å². The maximum absolute atomic E-state index is 6.35. The molecule has 2 nitrogen and oxygen atoms in total. The monoisotopic (exact) mass is 304 g/mol. The van der Waals surface area contributed by atoms with Crippen molar-refractivity contribution in [2.24, 2.45) is 0 Å². The third-order valence-electron chi connectivity index (χ3n) is 4.79. The molecule has 0 aliphatic carbocycles. The van der Waals surface area contributed by atoms with Crippen LogP contribution in [0.1, 0.15) is 48.5 Å². The molecular weight excluding hydrogens is 268 g/mol. The van der Waals surface area contributed by atoms with Gasteiger partial charge in [-0.3, -0.25) is 0 Å². The Balaban J connectivity index is 4.47. The van der Waals surface area contributed by atoms with Crippen molar-refractivity contribution < 1.29 is 8.85 Å². The van der Waals surface area contributed by atoms with Gasteiger partial charge >= 0.3 is 0 Å². The van der Waals surface area contributed by atoms with Crippen LogP contribution in [-0.2, 0) is 8.85 Å². The average molecular weight is 305 g/mol. The predicted molar refractivity (Wildman–Crippen MR) is 90.9 cm³/mol. The molecule has 0 aromatic rings. The van der Waals surface area contributed by atoms with E-state index in [2.05, 4.69) is 74.7 Å². The summed E-state index contributed by atoms with van der Waals surface area (Å²) in [5.41, 5.74) is 0. The quantitative estimate of drug-likeness (QED) is 0.631. The molecule has 4 heteroatoms. The Labute approximate surface area is 123 Å². The fourth-order valence-corrected chi connectivity index (χ4v) is 3.77. The maximum atomic E-state index is 6.35. The van der Waals surface area contributed by atoms with E-state index in [9.17, 15) is 0 Å². The van der Waals surface area contributed by atoms with Crippen molar-refractivity contribution in [3.63, 3.8) is 0 Å². The normalized spacial score (nSPS) is 16.6. The van der Waals surface area contributed by atoms with E-state index in [0.717, 1.165) is 6.61 Å². The molecule has 0 heterocycles. The lowest BCUT2D eigenvalue weighted by Crippen LogP contribution is -2.47. The summed E-state index contributed by atoms with van der Waals surface area (Å²) in [7, 11) is -3.33. The molecule has 0 radical (unpaired) electrons. The lowest BCUT2D eigenvalue weighted by molar-refractivity contribution is 0.121. The molecule has 0 fully saturated rings. The van der Waals surface area contributed by atoms with Crippen LogP contribution >= 0.6 is 0 Å². The van der Waals surface area contributed by atoms with E-state index in [1.807, 2.05) is 0 Å². The molecule has 0 aliphatic heterocycles. The minimum atomic E-state index is -1.67. The fourth-order valence-electron chi connectivity index (χ4n) is 1.26. The third kappa shape index (κ3) is 5.70. The Hall–Kier alpha value is 0.354. The highest BCUT2D eigenvalue weighted by Crippen LogP contribution is 2.38. The fraction of sp³-hybridized carbons (Fsp3) is 1.00. The van der Waals surface area contributed by atoms with Crippen LogP contribution in [0.3, 0.4) is 0 Å². The van der Waals surface area contributed by atoms with Gasteiger partial charge in [-0.1, -0.05) is 41.5 Å². The Morgan fingerprint density at radius 1 is 0.789 bits per heavy atom. The van der Waals surface area contributed by atoms with Gasteiger partial charge in [-0.25, -0.2) is 0 Å². The molecule has 0 saturated heterocycles. The molecule has 0 rings (SSSR count). The van der Waals surface area contributed by atoms with Crippen LogP contribution < -0.4 is 0 Å². The lowest BCUT2D eigenvalue weighted by Gasteiger charge is -2.40. The maximum Gasteiger partial charge on any atom is 0.192 e. The van der Waals surface area contributed by atoms with Crippen molar-refractivity contribution in [2.45, 2.75) is 90.8 Å². The van der Waals surface area contributed by atoms with Crippen LogP contribution in [0.25, 0.3) is 0 Å². The van der Waals surface area contributed by atoms with E-state index in [-0.39, 0.29) is 16.2 Å². The van der Waals surface area contributed by atoms with Crippen LogP contribution in [0.5, 0.6) is 0 Å². The van der Waals surface area contributed by atoms with Crippen LogP contribution in [0.4, 0.5) is 0 Å². The summed E-state index contributed by atoms with van der Waals surface area (Å²) in [6.07, 6.45) is 0.190. The lowest BCUT2D eigenvalue weighted by atomic mass is 10.2. The zero-order valence-corrected chi connectivity index (χ0v) is 17.1. The summed E-state index contributed by atoms with van der Waals surface area (Å²) < 4.78 is 12.6. The van der Waals surface area contributed by atoms with Gasteiger partial charge in [0.05, 0.1) is 12.7 Å². The van der Waals surface area contributed by atoms with Gasteiger partial charge in [0.2, 0.25) is 0 Å². The van der Waals surface area contributed by atoms with Crippen molar-refractivity contribution >= 4 is 16.6 Å². The molecular formula is C15H36O2Si2. The average Bonchev–Trinajstić information content (AvgIpc) is 2.10. The minimum Gasteiger partial charge on any atom is -0.414 e. The van der Waals surface area contributed by atoms with Crippen molar-refractivity contribution in [2.75, 3.05) is 6.61 Å². The molecule has 0 N–H and O–H groups in total. The molecule has 1 unspecified atom stereocenters. The minimum absolute atomic E-state index is 0.190. The van der Waals surface area contributed by atoms with Crippen LogP contribution in [0.2, 0.25) is 36.3 Å². The number of rotatable bonds is 5. The molecule has 0 aliphatic rings. The Kier molecular flexibility index (Phi) is 6.11. The Bertz CT molecular complexity index is 286. The summed E-state index contributed by atoms with van der Waals surface area (Å²) in [6, 6.07) is 0. The SMILES string of the molecule is CC(CO[Si](C)(C)C(C)(C)C)O[Si](C)(C)C(C)(C)C. The molecule has 1 atom stereocenters. The number of hydrogen-bond donors (Lipinski definition) is 0. The summed E-state index contributed by atoms with van der Waals surface area (Å²) in [4.78, 5) is 0. The molecule has 0 spiro atoms. The first kappa shape index (κ1) is 19.4. The molecule has 0 saturated carbocycles. The second-order valence-electron chi connectivity index (χ2n) is 8.76. The molecule has 0 aromatic carbocycles. The molecule has 0 amide bonds. The van der Waals surface area contributed by atoms with Gasteiger partial charge in [0.15, 0.2) is 16.6 Å². The van der Waals surface area contributed by atoms with E-state index in [0.29, 0.717) is 0 Å². The van der Waals surface area contributed by atoms with Gasteiger partial charge in [-0.2, -0.15) is 0 Å². The zero-order chi connectivity index (χ0) is 15.7. The predicted octanol–water partition coefficient (Wildman–Crippen LogP) is 5.42. The Morgan fingerprint density at radius 2 is 1.16 bits per heavy atom. The summed E-state index contributed by atoms with van der Waals surface area (Å²) in [6.45, 7) is 25.7. The first-order valence-corrected chi connectivity index (χ1v) is 13.2. The second kappa shape index (κ2) is 6.00. The van der Waals surface area contributed by atoms with Gasteiger partial charge in [-0.15, -0.1) is 0 Å². The largest absolute Gasteiger partial charge is 0.414 e. The van der Waals surface area contributed by atoms with E-state index in [1.165, 1.54) is 0 Å². The van der Waals surface area contributed by atoms with Gasteiger partial charge in [0.1, 0.15) is 0 Å². The summed E-state index contributed by atoms with van der Waals surface area (Å²) in [5, 5.41) is 0.530. The highest BCUT2D eigenvalue weighted by atomic mass is 28.4. The topological polar surface area (TPSA) is 18.5 Å². The molecule has 19 heavy (non-hydrogen) atoms. The highest BCUT2D eigenvalue weighted by molar-refractivity contribution is 6.74. The van der Waals surface area contributed by atoms with Crippen molar-refractivity contribution in [3.8, 4) is 0 Å².